The predicted molar refractivity (Wildman–Crippen MR) is 94.9 cm³/mol. The molecule has 0 aliphatic heterocycles. The quantitative estimate of drug-likeness (QED) is 0.724. The zero-order valence-electron chi connectivity index (χ0n) is 12.5. The van der Waals surface area contributed by atoms with Gasteiger partial charge in [-0.3, -0.25) is 4.79 Å². The first-order valence-electron chi connectivity index (χ1n) is 7.07. The number of halogens is 1. The first-order valence-corrected chi connectivity index (χ1v) is 7.86. The Morgan fingerprint density at radius 3 is 2.27 bits per heavy atom. The van der Waals surface area contributed by atoms with Crippen molar-refractivity contribution in [1.29, 1.82) is 0 Å². The molecule has 0 saturated carbocycles. The van der Waals surface area contributed by atoms with Gasteiger partial charge in [-0.15, -0.1) is 0 Å². The van der Waals surface area contributed by atoms with Crippen LogP contribution in [-0.4, -0.2) is 4.98 Å². The molecule has 2 aromatic carbocycles. The predicted octanol–water partition coefficient (Wildman–Crippen LogP) is 4.15. The summed E-state index contributed by atoms with van der Waals surface area (Å²) in [5.74, 6) is 0. The van der Waals surface area contributed by atoms with E-state index in [4.69, 9.17) is 5.73 Å². The third kappa shape index (κ3) is 2.72. The highest BCUT2D eigenvalue weighted by Crippen LogP contribution is 2.28. The molecule has 0 aliphatic rings. The van der Waals surface area contributed by atoms with Gasteiger partial charge < -0.3 is 10.7 Å². The summed E-state index contributed by atoms with van der Waals surface area (Å²) >= 11 is 3.49. The normalized spacial score (nSPS) is 11.8. The van der Waals surface area contributed by atoms with E-state index in [-0.39, 0.29) is 11.1 Å². The molecule has 3 N–H and O–H groups in total. The number of fused-ring (bicyclic) bond motifs is 1. The first-order chi connectivity index (χ1) is 10.4. The molecule has 1 aromatic heterocycles. The maximum atomic E-state index is 11.8. The second-order valence-electron chi connectivity index (χ2n) is 6.03. The summed E-state index contributed by atoms with van der Waals surface area (Å²) in [6.45, 7) is 3.98. The fraction of sp³-hybridized carbons (Fsp3) is 0.167. The molecule has 0 aliphatic carbocycles. The van der Waals surface area contributed by atoms with Crippen molar-refractivity contribution >= 4 is 26.7 Å². The van der Waals surface area contributed by atoms with Gasteiger partial charge >= 0.3 is 0 Å². The minimum absolute atomic E-state index is 0.0787. The van der Waals surface area contributed by atoms with Crippen LogP contribution in [0.2, 0.25) is 0 Å². The van der Waals surface area contributed by atoms with Gasteiger partial charge in [-0.25, -0.2) is 0 Å². The lowest BCUT2D eigenvalue weighted by Crippen LogP contribution is -2.28. The number of hydrogen-bond acceptors (Lipinski definition) is 2. The standard InChI is InChI=1S/C18H17BrN2O/c1-18(2,20)13-6-3-11(4-7-13)12-5-8-14-15(9-12)16(19)10-21-17(14)22/h3-10H,20H2,1-2H3,(H,21,22). The maximum Gasteiger partial charge on any atom is 0.255 e. The van der Waals surface area contributed by atoms with E-state index in [9.17, 15) is 4.79 Å². The highest BCUT2D eigenvalue weighted by molar-refractivity contribution is 9.10. The lowest BCUT2D eigenvalue weighted by Gasteiger charge is -2.19. The van der Waals surface area contributed by atoms with E-state index >= 15 is 0 Å². The second kappa shape index (κ2) is 5.38. The fourth-order valence-electron chi connectivity index (χ4n) is 2.50. The molecule has 0 atom stereocenters. The van der Waals surface area contributed by atoms with Crippen LogP contribution in [0.3, 0.4) is 0 Å². The largest absolute Gasteiger partial charge is 0.327 e. The van der Waals surface area contributed by atoms with Crippen molar-refractivity contribution in [3.63, 3.8) is 0 Å². The molecule has 1 heterocycles. The molecular formula is C18H17BrN2O. The third-order valence-electron chi connectivity index (χ3n) is 3.81. The van der Waals surface area contributed by atoms with Crippen molar-refractivity contribution in [2.24, 2.45) is 5.73 Å². The van der Waals surface area contributed by atoms with Crippen molar-refractivity contribution in [3.8, 4) is 11.1 Å². The molecule has 0 unspecified atom stereocenters. The molecule has 4 heteroatoms. The monoisotopic (exact) mass is 356 g/mol. The van der Waals surface area contributed by atoms with Crippen LogP contribution in [0, 0.1) is 0 Å². The third-order valence-corrected chi connectivity index (χ3v) is 4.47. The highest BCUT2D eigenvalue weighted by Gasteiger charge is 2.13. The topological polar surface area (TPSA) is 58.9 Å². The second-order valence-corrected chi connectivity index (χ2v) is 6.88. The minimum Gasteiger partial charge on any atom is -0.327 e. The molecule has 0 saturated heterocycles. The van der Waals surface area contributed by atoms with E-state index in [2.05, 4.69) is 33.0 Å². The molecule has 3 aromatic rings. The van der Waals surface area contributed by atoms with E-state index in [1.807, 2.05) is 44.2 Å². The molecule has 3 rings (SSSR count). The average Bonchev–Trinajstić information content (AvgIpc) is 2.50. The van der Waals surface area contributed by atoms with Crippen LogP contribution in [0.25, 0.3) is 21.9 Å². The molecule has 22 heavy (non-hydrogen) atoms. The minimum atomic E-state index is -0.349. The molecule has 3 nitrogen and oxygen atoms in total. The van der Waals surface area contributed by atoms with Gasteiger partial charge in [0.15, 0.2) is 0 Å². The zero-order chi connectivity index (χ0) is 15.9. The van der Waals surface area contributed by atoms with Crippen molar-refractivity contribution in [2.45, 2.75) is 19.4 Å². The Kier molecular flexibility index (Phi) is 3.67. The summed E-state index contributed by atoms with van der Waals surface area (Å²) in [4.78, 5) is 14.6. The lowest BCUT2D eigenvalue weighted by molar-refractivity contribution is 0.554. The summed E-state index contributed by atoms with van der Waals surface area (Å²) in [7, 11) is 0. The number of benzene rings is 2. The van der Waals surface area contributed by atoms with Crippen LogP contribution >= 0.6 is 15.9 Å². The molecule has 0 fully saturated rings. The molecule has 112 valence electrons. The van der Waals surface area contributed by atoms with E-state index in [1.54, 1.807) is 6.20 Å². The molecule has 0 spiro atoms. The van der Waals surface area contributed by atoms with Crippen molar-refractivity contribution in [1.82, 2.24) is 4.98 Å². The van der Waals surface area contributed by atoms with Gasteiger partial charge in [0.25, 0.3) is 5.56 Å². The molecular weight excluding hydrogens is 340 g/mol. The number of aromatic amines is 1. The van der Waals surface area contributed by atoms with Gasteiger partial charge in [0.1, 0.15) is 0 Å². The highest BCUT2D eigenvalue weighted by atomic mass is 79.9. The summed E-state index contributed by atoms with van der Waals surface area (Å²) in [5, 5.41) is 1.59. The van der Waals surface area contributed by atoms with Crippen molar-refractivity contribution in [3.05, 3.63) is 69.1 Å². The number of H-pyrrole nitrogens is 1. The summed E-state index contributed by atoms with van der Waals surface area (Å²) in [6.07, 6.45) is 1.68. The van der Waals surface area contributed by atoms with E-state index < -0.39 is 0 Å². The van der Waals surface area contributed by atoms with Gasteiger partial charge in [-0.1, -0.05) is 30.3 Å². The van der Waals surface area contributed by atoms with Crippen LogP contribution in [-0.2, 0) is 5.54 Å². The van der Waals surface area contributed by atoms with Crippen LogP contribution < -0.4 is 11.3 Å². The van der Waals surface area contributed by atoms with Gasteiger partial charge in [-0.05, 0) is 58.6 Å². The molecule has 0 radical (unpaired) electrons. The van der Waals surface area contributed by atoms with Crippen LogP contribution in [0.4, 0.5) is 0 Å². The Bertz CT molecular complexity index is 890. The Hall–Kier alpha value is -1.91. The van der Waals surface area contributed by atoms with Gasteiger partial charge in [0, 0.05) is 27.0 Å². The number of aromatic nitrogens is 1. The summed E-state index contributed by atoms with van der Waals surface area (Å²) in [6, 6.07) is 14.1. The van der Waals surface area contributed by atoms with Crippen molar-refractivity contribution < 1.29 is 0 Å². The van der Waals surface area contributed by atoms with Gasteiger partial charge in [0.05, 0.1) is 0 Å². The van der Waals surface area contributed by atoms with E-state index in [0.29, 0.717) is 5.39 Å². The number of hydrogen-bond donors (Lipinski definition) is 2. The Balaban J connectivity index is 2.11. The Labute approximate surface area is 137 Å². The summed E-state index contributed by atoms with van der Waals surface area (Å²) < 4.78 is 0.878. The SMILES string of the molecule is CC(C)(N)c1ccc(-c2ccc3c(=O)[nH]cc(Br)c3c2)cc1. The average molecular weight is 357 g/mol. The fourth-order valence-corrected chi connectivity index (χ4v) is 2.94. The van der Waals surface area contributed by atoms with Crippen molar-refractivity contribution in [2.75, 3.05) is 0 Å². The van der Waals surface area contributed by atoms with Crippen LogP contribution in [0.5, 0.6) is 0 Å². The lowest BCUT2D eigenvalue weighted by atomic mass is 9.93. The van der Waals surface area contributed by atoms with Gasteiger partial charge in [-0.2, -0.15) is 0 Å². The Morgan fingerprint density at radius 2 is 1.64 bits per heavy atom. The van der Waals surface area contributed by atoms with E-state index in [0.717, 1.165) is 26.5 Å². The number of nitrogens with two attached hydrogens (primary N) is 1. The zero-order valence-corrected chi connectivity index (χ0v) is 14.1. The molecule has 0 bridgehead atoms. The smallest absolute Gasteiger partial charge is 0.255 e. The van der Waals surface area contributed by atoms with Crippen LogP contribution in [0.15, 0.2) is 57.9 Å². The number of pyridine rings is 1. The number of rotatable bonds is 2. The summed E-state index contributed by atoms with van der Waals surface area (Å²) in [5.41, 5.74) is 8.95. The number of nitrogens with one attached hydrogen (secondary N) is 1. The first kappa shape index (κ1) is 15.0. The molecule has 0 amide bonds. The maximum absolute atomic E-state index is 11.8. The van der Waals surface area contributed by atoms with Crippen LogP contribution in [0.1, 0.15) is 19.4 Å². The van der Waals surface area contributed by atoms with E-state index in [1.165, 1.54) is 0 Å². The Morgan fingerprint density at radius 1 is 1.00 bits per heavy atom. The van der Waals surface area contributed by atoms with Gasteiger partial charge in [0.2, 0.25) is 0 Å².